The van der Waals surface area contributed by atoms with E-state index in [1.807, 2.05) is 43.3 Å². The zero-order valence-corrected chi connectivity index (χ0v) is 15.4. The molecule has 5 nitrogen and oxygen atoms in total. The van der Waals surface area contributed by atoms with Crippen LogP contribution in [0.5, 0.6) is 5.75 Å². The fourth-order valence-corrected chi connectivity index (χ4v) is 2.90. The number of carbonyl (C=O) groups is 1. The van der Waals surface area contributed by atoms with Gasteiger partial charge in [-0.2, -0.15) is 0 Å². The van der Waals surface area contributed by atoms with Gasteiger partial charge in [0.2, 0.25) is 0 Å². The molecule has 0 unspecified atom stereocenters. The number of amides is 1. The van der Waals surface area contributed by atoms with E-state index in [0.717, 1.165) is 44.1 Å². The lowest BCUT2D eigenvalue weighted by molar-refractivity contribution is -0.122. The van der Waals surface area contributed by atoms with Gasteiger partial charge in [-0.3, -0.25) is 9.69 Å². The molecule has 1 aliphatic heterocycles. The van der Waals surface area contributed by atoms with Crippen molar-refractivity contribution in [1.82, 2.24) is 4.90 Å². The van der Waals surface area contributed by atoms with Crippen LogP contribution in [-0.4, -0.2) is 43.2 Å². The van der Waals surface area contributed by atoms with E-state index in [2.05, 4.69) is 22.3 Å². The molecule has 0 aromatic heterocycles. The van der Waals surface area contributed by atoms with Crippen LogP contribution in [0.2, 0.25) is 0 Å². The molecule has 1 heterocycles. The number of carbonyl (C=O) groups excluding carboxylic acids is 1. The number of morpholine rings is 1. The normalized spacial score (nSPS) is 16.1. The maximum atomic E-state index is 12.3. The minimum Gasteiger partial charge on any atom is -0.481 e. The molecule has 1 amide bonds. The molecule has 0 spiro atoms. The number of anilines is 1. The quantitative estimate of drug-likeness (QED) is 0.865. The summed E-state index contributed by atoms with van der Waals surface area (Å²) < 4.78 is 11.1. The monoisotopic (exact) mass is 354 g/mol. The molecule has 1 atom stereocenters. The Kier molecular flexibility index (Phi) is 6.26. The van der Waals surface area contributed by atoms with E-state index >= 15 is 0 Å². The maximum Gasteiger partial charge on any atom is 0.265 e. The van der Waals surface area contributed by atoms with E-state index in [1.165, 1.54) is 5.56 Å². The fourth-order valence-electron chi connectivity index (χ4n) is 2.90. The second-order valence-electron chi connectivity index (χ2n) is 6.65. The largest absolute Gasteiger partial charge is 0.481 e. The Balaban J connectivity index is 1.51. The van der Waals surface area contributed by atoms with Gasteiger partial charge in [0.1, 0.15) is 5.75 Å². The molecule has 3 rings (SSSR count). The fraction of sp³-hybridized carbons (Fsp3) is 0.381. The van der Waals surface area contributed by atoms with Gasteiger partial charge in [-0.05, 0) is 49.2 Å². The van der Waals surface area contributed by atoms with Crippen LogP contribution in [0.15, 0.2) is 48.5 Å². The standard InChI is InChI=1S/C21H26N2O3/c1-16-4-3-5-20(14-16)26-17(2)21(24)22-19-8-6-18(7-9-19)15-23-10-12-25-13-11-23/h3-9,14,17H,10-13,15H2,1-2H3,(H,22,24)/t17-/m0/s1. The minimum absolute atomic E-state index is 0.160. The molecule has 1 N–H and O–H groups in total. The maximum absolute atomic E-state index is 12.3. The summed E-state index contributed by atoms with van der Waals surface area (Å²) in [6.07, 6.45) is -0.565. The van der Waals surface area contributed by atoms with Gasteiger partial charge in [0.25, 0.3) is 5.91 Å². The van der Waals surface area contributed by atoms with Gasteiger partial charge < -0.3 is 14.8 Å². The van der Waals surface area contributed by atoms with Crippen molar-refractivity contribution in [2.45, 2.75) is 26.5 Å². The first-order chi connectivity index (χ1) is 12.6. The van der Waals surface area contributed by atoms with Crippen molar-refractivity contribution in [2.24, 2.45) is 0 Å². The molecule has 0 bridgehead atoms. The van der Waals surface area contributed by atoms with Crippen LogP contribution in [-0.2, 0) is 16.1 Å². The predicted molar refractivity (Wildman–Crippen MR) is 102 cm³/mol. The number of benzene rings is 2. The molecule has 0 saturated carbocycles. The van der Waals surface area contributed by atoms with Crippen LogP contribution < -0.4 is 10.1 Å². The highest BCUT2D eigenvalue weighted by atomic mass is 16.5. The van der Waals surface area contributed by atoms with Gasteiger partial charge in [-0.1, -0.05) is 24.3 Å². The average molecular weight is 354 g/mol. The third kappa shape index (κ3) is 5.31. The van der Waals surface area contributed by atoms with Crippen molar-refractivity contribution in [2.75, 3.05) is 31.6 Å². The van der Waals surface area contributed by atoms with E-state index in [1.54, 1.807) is 6.92 Å². The molecule has 5 heteroatoms. The third-order valence-electron chi connectivity index (χ3n) is 4.40. The molecule has 0 radical (unpaired) electrons. The Morgan fingerprint density at radius 1 is 1.19 bits per heavy atom. The van der Waals surface area contributed by atoms with E-state index in [9.17, 15) is 4.79 Å². The van der Waals surface area contributed by atoms with Gasteiger partial charge in [-0.25, -0.2) is 0 Å². The number of rotatable bonds is 6. The highest BCUT2D eigenvalue weighted by Crippen LogP contribution is 2.16. The third-order valence-corrected chi connectivity index (χ3v) is 4.40. The molecular weight excluding hydrogens is 328 g/mol. The summed E-state index contributed by atoms with van der Waals surface area (Å²) in [5.41, 5.74) is 3.11. The van der Waals surface area contributed by atoms with Crippen molar-refractivity contribution in [1.29, 1.82) is 0 Å². The summed E-state index contributed by atoms with van der Waals surface area (Å²) in [7, 11) is 0. The van der Waals surface area contributed by atoms with Crippen LogP contribution in [0, 0.1) is 6.92 Å². The lowest BCUT2D eigenvalue weighted by Crippen LogP contribution is -2.35. The van der Waals surface area contributed by atoms with Crippen LogP contribution >= 0.6 is 0 Å². The molecule has 26 heavy (non-hydrogen) atoms. The first-order valence-corrected chi connectivity index (χ1v) is 9.03. The summed E-state index contributed by atoms with van der Waals surface area (Å²) in [4.78, 5) is 14.7. The van der Waals surface area contributed by atoms with Gasteiger partial charge >= 0.3 is 0 Å². The first-order valence-electron chi connectivity index (χ1n) is 9.03. The summed E-state index contributed by atoms with van der Waals surface area (Å²) in [5.74, 6) is 0.543. The van der Waals surface area contributed by atoms with E-state index in [4.69, 9.17) is 9.47 Å². The Morgan fingerprint density at radius 2 is 1.92 bits per heavy atom. The SMILES string of the molecule is Cc1cccc(O[C@@H](C)C(=O)Nc2ccc(CN3CCOCC3)cc2)c1. The number of aryl methyl sites for hydroxylation is 1. The molecule has 2 aromatic rings. The molecule has 0 aliphatic carbocycles. The van der Waals surface area contributed by atoms with Gasteiger partial charge in [0.15, 0.2) is 6.10 Å². The van der Waals surface area contributed by atoms with E-state index in [0.29, 0.717) is 5.75 Å². The Bertz CT molecular complexity index is 724. The van der Waals surface area contributed by atoms with Crippen LogP contribution in [0.4, 0.5) is 5.69 Å². The zero-order valence-electron chi connectivity index (χ0n) is 15.4. The van der Waals surface area contributed by atoms with Crippen LogP contribution in [0.25, 0.3) is 0 Å². The topological polar surface area (TPSA) is 50.8 Å². The van der Waals surface area contributed by atoms with Gasteiger partial charge in [0.05, 0.1) is 13.2 Å². The molecule has 1 saturated heterocycles. The minimum atomic E-state index is -0.565. The molecule has 2 aromatic carbocycles. The van der Waals surface area contributed by atoms with Crippen LogP contribution in [0.1, 0.15) is 18.1 Å². The molecule has 1 aliphatic rings. The van der Waals surface area contributed by atoms with E-state index < -0.39 is 6.10 Å². The molecule has 138 valence electrons. The first kappa shape index (κ1) is 18.4. The lowest BCUT2D eigenvalue weighted by atomic mass is 10.2. The second kappa shape index (κ2) is 8.83. The highest BCUT2D eigenvalue weighted by Gasteiger charge is 2.15. The molecule has 1 fully saturated rings. The molecular formula is C21H26N2O3. The smallest absolute Gasteiger partial charge is 0.265 e. The number of ether oxygens (including phenoxy) is 2. The second-order valence-corrected chi connectivity index (χ2v) is 6.65. The predicted octanol–water partition coefficient (Wildman–Crippen LogP) is 3.23. The van der Waals surface area contributed by atoms with Crippen LogP contribution in [0.3, 0.4) is 0 Å². The highest BCUT2D eigenvalue weighted by molar-refractivity contribution is 5.94. The zero-order chi connectivity index (χ0) is 18.4. The van der Waals surface area contributed by atoms with Crippen molar-refractivity contribution in [3.63, 3.8) is 0 Å². The Morgan fingerprint density at radius 3 is 2.62 bits per heavy atom. The van der Waals surface area contributed by atoms with Crippen molar-refractivity contribution in [3.8, 4) is 5.75 Å². The van der Waals surface area contributed by atoms with Gasteiger partial charge in [-0.15, -0.1) is 0 Å². The number of hydrogen-bond donors (Lipinski definition) is 1. The number of nitrogens with zero attached hydrogens (tertiary/aromatic N) is 1. The van der Waals surface area contributed by atoms with E-state index in [-0.39, 0.29) is 5.91 Å². The van der Waals surface area contributed by atoms with Gasteiger partial charge in [0, 0.05) is 25.3 Å². The summed E-state index contributed by atoms with van der Waals surface area (Å²) in [6.45, 7) is 8.18. The van der Waals surface area contributed by atoms with Crippen molar-refractivity contribution in [3.05, 3.63) is 59.7 Å². The summed E-state index contributed by atoms with van der Waals surface area (Å²) in [5, 5.41) is 2.91. The average Bonchev–Trinajstić information content (AvgIpc) is 2.64. The Labute approximate surface area is 154 Å². The number of nitrogens with one attached hydrogen (secondary N) is 1. The number of hydrogen-bond acceptors (Lipinski definition) is 4. The summed E-state index contributed by atoms with van der Waals surface area (Å²) >= 11 is 0. The lowest BCUT2D eigenvalue weighted by Gasteiger charge is -2.26. The Hall–Kier alpha value is -2.37. The van der Waals surface area contributed by atoms with Crippen molar-refractivity contribution < 1.29 is 14.3 Å². The summed E-state index contributed by atoms with van der Waals surface area (Å²) in [6, 6.07) is 15.7. The van der Waals surface area contributed by atoms with Crippen molar-refractivity contribution >= 4 is 11.6 Å².